The highest BCUT2D eigenvalue weighted by molar-refractivity contribution is 7.11. The summed E-state index contributed by atoms with van der Waals surface area (Å²) < 4.78 is 0. The Bertz CT molecular complexity index is 1070. The summed E-state index contributed by atoms with van der Waals surface area (Å²) in [5, 5.41) is 2.86. The Balaban J connectivity index is 1.57. The van der Waals surface area contributed by atoms with Gasteiger partial charge in [0.15, 0.2) is 5.82 Å². The lowest BCUT2D eigenvalue weighted by Gasteiger charge is -2.34. The van der Waals surface area contributed by atoms with Crippen molar-refractivity contribution >= 4 is 28.8 Å². The van der Waals surface area contributed by atoms with Gasteiger partial charge in [0, 0.05) is 18.4 Å². The minimum absolute atomic E-state index is 0.0214. The third-order valence-corrected chi connectivity index (χ3v) is 6.19. The lowest BCUT2D eigenvalue weighted by atomic mass is 10.0. The van der Waals surface area contributed by atoms with Crippen LogP contribution >= 0.6 is 11.3 Å². The minimum Gasteiger partial charge on any atom is -0.328 e. The van der Waals surface area contributed by atoms with Crippen LogP contribution in [0, 0.1) is 13.8 Å². The number of hydrogen-bond donors (Lipinski definition) is 1. The molecule has 1 aliphatic heterocycles. The van der Waals surface area contributed by atoms with Crippen molar-refractivity contribution in [3.8, 4) is 0 Å². The maximum Gasteiger partial charge on any atom is 0.266 e. The standard InChI is InChI=1S/C22H23N5O2S/c1-14-17(21(28)26-16-8-4-3-5-9-16)12-23-20(25-14)18-10-6-7-11-27(18)22(29)19-15(2)24-13-30-19/h3-5,8-9,12-13,18H,6-7,10-11H2,1-2H3,(H,26,28). The fraction of sp³-hybridized carbons (Fsp3) is 0.318. The van der Waals surface area contributed by atoms with Crippen LogP contribution in [0.3, 0.4) is 0 Å². The molecule has 1 fully saturated rings. The second kappa shape index (κ2) is 8.71. The summed E-state index contributed by atoms with van der Waals surface area (Å²) in [6, 6.07) is 9.08. The zero-order valence-corrected chi connectivity index (χ0v) is 17.8. The largest absolute Gasteiger partial charge is 0.328 e. The normalized spacial score (nSPS) is 16.3. The number of amides is 2. The summed E-state index contributed by atoms with van der Waals surface area (Å²) >= 11 is 1.36. The molecule has 4 rings (SSSR count). The number of rotatable bonds is 4. The maximum absolute atomic E-state index is 13.1. The first-order valence-electron chi connectivity index (χ1n) is 9.95. The smallest absolute Gasteiger partial charge is 0.266 e. The van der Waals surface area contributed by atoms with Crippen molar-refractivity contribution in [1.29, 1.82) is 0 Å². The van der Waals surface area contributed by atoms with Crippen molar-refractivity contribution in [2.45, 2.75) is 39.2 Å². The summed E-state index contributed by atoms with van der Waals surface area (Å²) in [4.78, 5) is 41.6. The van der Waals surface area contributed by atoms with Crippen molar-refractivity contribution < 1.29 is 9.59 Å². The van der Waals surface area contributed by atoms with Crippen LogP contribution in [0.4, 0.5) is 5.69 Å². The fourth-order valence-corrected chi connectivity index (χ4v) is 4.43. The number of para-hydroxylation sites is 1. The van der Waals surface area contributed by atoms with E-state index in [2.05, 4.69) is 20.3 Å². The third-order valence-electron chi connectivity index (χ3n) is 5.28. The second-order valence-electron chi connectivity index (χ2n) is 7.32. The molecule has 0 radical (unpaired) electrons. The Hall–Kier alpha value is -3.13. The van der Waals surface area contributed by atoms with E-state index in [0.717, 1.165) is 30.6 Å². The van der Waals surface area contributed by atoms with Gasteiger partial charge in [-0.25, -0.2) is 15.0 Å². The number of piperidine rings is 1. The topological polar surface area (TPSA) is 88.1 Å². The zero-order valence-electron chi connectivity index (χ0n) is 17.0. The van der Waals surface area contributed by atoms with E-state index in [4.69, 9.17) is 0 Å². The molecule has 154 valence electrons. The Kier molecular flexibility index (Phi) is 5.85. The van der Waals surface area contributed by atoms with Gasteiger partial charge >= 0.3 is 0 Å². The van der Waals surface area contributed by atoms with Crippen LogP contribution in [-0.4, -0.2) is 38.2 Å². The van der Waals surface area contributed by atoms with E-state index < -0.39 is 0 Å². The number of anilines is 1. The van der Waals surface area contributed by atoms with Crippen LogP contribution in [0.1, 0.15) is 62.5 Å². The lowest BCUT2D eigenvalue weighted by molar-refractivity contribution is 0.0603. The number of nitrogens with zero attached hydrogens (tertiary/aromatic N) is 4. The first-order chi connectivity index (χ1) is 14.5. The minimum atomic E-state index is -0.248. The third kappa shape index (κ3) is 4.09. The van der Waals surface area contributed by atoms with Crippen molar-refractivity contribution in [3.63, 3.8) is 0 Å². The summed E-state index contributed by atoms with van der Waals surface area (Å²) in [5.41, 5.74) is 4.19. The van der Waals surface area contributed by atoms with Gasteiger partial charge in [0.05, 0.1) is 28.5 Å². The highest BCUT2D eigenvalue weighted by Crippen LogP contribution is 2.31. The molecular weight excluding hydrogens is 398 g/mol. The molecule has 8 heteroatoms. The van der Waals surface area contributed by atoms with E-state index in [1.807, 2.05) is 42.2 Å². The zero-order chi connectivity index (χ0) is 21.1. The number of aryl methyl sites for hydroxylation is 2. The predicted molar refractivity (Wildman–Crippen MR) is 116 cm³/mol. The van der Waals surface area contributed by atoms with Crippen molar-refractivity contribution in [3.05, 3.63) is 69.7 Å². The van der Waals surface area contributed by atoms with Gasteiger partial charge in [-0.05, 0) is 45.2 Å². The van der Waals surface area contributed by atoms with Crippen molar-refractivity contribution in [2.75, 3.05) is 11.9 Å². The molecule has 30 heavy (non-hydrogen) atoms. The van der Waals surface area contributed by atoms with Gasteiger partial charge in [-0.15, -0.1) is 11.3 Å². The molecule has 0 saturated carbocycles. The van der Waals surface area contributed by atoms with E-state index >= 15 is 0 Å². The van der Waals surface area contributed by atoms with E-state index in [-0.39, 0.29) is 17.9 Å². The molecule has 3 aromatic rings. The number of likely N-dealkylation sites (tertiary alicyclic amines) is 1. The van der Waals surface area contributed by atoms with Gasteiger partial charge in [-0.2, -0.15) is 0 Å². The molecule has 1 aliphatic rings. The number of carbonyl (C=O) groups is 2. The monoisotopic (exact) mass is 421 g/mol. The van der Waals surface area contributed by atoms with E-state index in [9.17, 15) is 9.59 Å². The van der Waals surface area contributed by atoms with Crippen LogP contribution in [0.5, 0.6) is 0 Å². The Labute approximate surface area is 179 Å². The molecule has 2 aromatic heterocycles. The van der Waals surface area contributed by atoms with Crippen LogP contribution in [0.25, 0.3) is 0 Å². The molecule has 1 N–H and O–H groups in total. The molecule has 7 nitrogen and oxygen atoms in total. The van der Waals surface area contributed by atoms with Gasteiger partial charge < -0.3 is 10.2 Å². The average molecular weight is 422 g/mol. The molecule has 0 bridgehead atoms. The van der Waals surface area contributed by atoms with Gasteiger partial charge in [0.1, 0.15) is 4.88 Å². The van der Waals surface area contributed by atoms with Crippen LogP contribution in [0.2, 0.25) is 0 Å². The van der Waals surface area contributed by atoms with Gasteiger partial charge in [-0.3, -0.25) is 9.59 Å². The molecule has 1 saturated heterocycles. The number of thiazole rings is 1. The summed E-state index contributed by atoms with van der Waals surface area (Å²) in [7, 11) is 0. The van der Waals surface area contributed by atoms with E-state index in [0.29, 0.717) is 28.5 Å². The highest BCUT2D eigenvalue weighted by atomic mass is 32.1. The van der Waals surface area contributed by atoms with Crippen molar-refractivity contribution in [2.24, 2.45) is 0 Å². The van der Waals surface area contributed by atoms with Gasteiger partial charge in [-0.1, -0.05) is 18.2 Å². The second-order valence-corrected chi connectivity index (χ2v) is 8.18. The molecular formula is C22H23N5O2S. The summed E-state index contributed by atoms with van der Waals surface area (Å²) in [6.45, 7) is 4.32. The Morgan fingerprint density at radius 3 is 2.60 bits per heavy atom. The molecule has 0 aliphatic carbocycles. The Morgan fingerprint density at radius 2 is 1.90 bits per heavy atom. The predicted octanol–water partition coefficient (Wildman–Crippen LogP) is 4.17. The average Bonchev–Trinajstić information content (AvgIpc) is 3.19. The van der Waals surface area contributed by atoms with Crippen molar-refractivity contribution in [1.82, 2.24) is 19.9 Å². The van der Waals surface area contributed by atoms with E-state index in [1.54, 1.807) is 18.6 Å². The number of carbonyl (C=O) groups excluding carboxylic acids is 2. The van der Waals surface area contributed by atoms with E-state index in [1.165, 1.54) is 11.3 Å². The molecule has 0 spiro atoms. The summed E-state index contributed by atoms with van der Waals surface area (Å²) in [6.07, 6.45) is 4.33. The number of aromatic nitrogens is 3. The van der Waals surface area contributed by atoms with Crippen LogP contribution < -0.4 is 5.32 Å². The molecule has 1 unspecified atom stereocenters. The first-order valence-corrected chi connectivity index (χ1v) is 10.8. The fourth-order valence-electron chi connectivity index (χ4n) is 3.67. The Morgan fingerprint density at radius 1 is 1.10 bits per heavy atom. The lowest BCUT2D eigenvalue weighted by Crippen LogP contribution is -2.39. The SMILES string of the molecule is Cc1nc(C2CCCCN2C(=O)c2scnc2C)ncc1C(=O)Nc1ccccc1. The van der Waals surface area contributed by atoms with Crippen LogP contribution in [-0.2, 0) is 0 Å². The highest BCUT2D eigenvalue weighted by Gasteiger charge is 2.32. The van der Waals surface area contributed by atoms with Crippen LogP contribution in [0.15, 0.2) is 42.0 Å². The number of hydrogen-bond acceptors (Lipinski definition) is 6. The molecule has 1 aromatic carbocycles. The first kappa shape index (κ1) is 20.2. The van der Waals surface area contributed by atoms with Gasteiger partial charge in [0.2, 0.25) is 0 Å². The quantitative estimate of drug-likeness (QED) is 0.683. The number of nitrogens with one attached hydrogen (secondary N) is 1. The number of benzene rings is 1. The summed E-state index contributed by atoms with van der Waals surface area (Å²) in [5.74, 6) is 0.313. The molecule has 1 atom stereocenters. The van der Waals surface area contributed by atoms with Gasteiger partial charge in [0.25, 0.3) is 11.8 Å². The molecule has 3 heterocycles. The maximum atomic E-state index is 13.1. The molecule has 2 amide bonds.